The first kappa shape index (κ1) is 10.6. The van der Waals surface area contributed by atoms with Gasteiger partial charge in [0, 0.05) is 9.13 Å². The van der Waals surface area contributed by atoms with E-state index in [4.69, 9.17) is 9.47 Å². The smallest absolute Gasteiger partial charge is 0.166 e. The number of methoxy groups -OCH3 is 2. The topological polar surface area (TPSA) is 18.5 Å². The molecule has 0 radical (unpaired) electrons. The molecule has 0 aliphatic rings. The lowest BCUT2D eigenvalue weighted by Crippen LogP contribution is -1.95. The summed E-state index contributed by atoms with van der Waals surface area (Å²) in [6.07, 6.45) is 0. The normalized spacial score (nSPS) is 9.85. The molecule has 0 aliphatic heterocycles. The quantitative estimate of drug-likeness (QED) is 0.799. The van der Waals surface area contributed by atoms with E-state index < -0.39 is 6.67 Å². The molecule has 0 aromatic heterocycles. The summed E-state index contributed by atoms with van der Waals surface area (Å²) in [7, 11) is 3.04. The second kappa shape index (κ2) is 4.64. The van der Waals surface area contributed by atoms with Crippen LogP contribution in [0.15, 0.2) is 12.1 Å². The fraction of sp³-hybridized carbons (Fsp3) is 0.333. The Balaban J connectivity index is 3.25. The molecule has 0 atom stereocenters. The zero-order valence-corrected chi connectivity index (χ0v) is 9.59. The third-order valence-electron chi connectivity index (χ3n) is 1.66. The summed E-state index contributed by atoms with van der Waals surface area (Å²) in [5.41, 5.74) is 0.520. The Kier molecular flexibility index (Phi) is 3.77. The molecule has 0 fully saturated rings. The fourth-order valence-electron chi connectivity index (χ4n) is 1.11. The van der Waals surface area contributed by atoms with Crippen LogP contribution in [-0.4, -0.2) is 14.2 Å². The Labute approximate surface area is 90.2 Å². The van der Waals surface area contributed by atoms with E-state index in [1.165, 1.54) is 14.2 Å². The summed E-state index contributed by atoms with van der Waals surface area (Å²) in [4.78, 5) is 0. The van der Waals surface area contributed by atoms with E-state index in [-0.39, 0.29) is 0 Å². The molecule has 0 unspecified atom stereocenters. The predicted octanol–water partition coefficient (Wildman–Crippen LogP) is 2.78. The van der Waals surface area contributed by atoms with Crippen LogP contribution in [0, 0.1) is 3.57 Å². The molecule has 72 valence electrons. The zero-order valence-electron chi connectivity index (χ0n) is 7.43. The Bertz CT molecular complexity index is 277. The van der Waals surface area contributed by atoms with Crippen LogP contribution < -0.4 is 9.47 Å². The van der Waals surface area contributed by atoms with E-state index in [9.17, 15) is 4.39 Å². The number of halogens is 2. The van der Waals surface area contributed by atoms with E-state index in [0.29, 0.717) is 17.1 Å². The van der Waals surface area contributed by atoms with Gasteiger partial charge in [-0.3, -0.25) is 0 Å². The summed E-state index contributed by atoms with van der Waals surface area (Å²) in [6, 6.07) is 3.54. The van der Waals surface area contributed by atoms with Crippen LogP contribution in [0.4, 0.5) is 4.39 Å². The van der Waals surface area contributed by atoms with Gasteiger partial charge in [-0.25, -0.2) is 4.39 Å². The van der Waals surface area contributed by atoms with Gasteiger partial charge in [0.1, 0.15) is 6.67 Å². The van der Waals surface area contributed by atoms with Crippen LogP contribution >= 0.6 is 22.6 Å². The molecule has 0 bridgehead atoms. The van der Waals surface area contributed by atoms with Gasteiger partial charge in [-0.05, 0) is 34.7 Å². The largest absolute Gasteiger partial charge is 0.493 e. The van der Waals surface area contributed by atoms with Crippen LogP contribution in [0.3, 0.4) is 0 Å². The lowest BCUT2D eigenvalue weighted by atomic mass is 10.2. The van der Waals surface area contributed by atoms with E-state index in [1.807, 2.05) is 0 Å². The highest BCUT2D eigenvalue weighted by molar-refractivity contribution is 14.1. The van der Waals surface area contributed by atoms with Crippen molar-refractivity contribution in [2.24, 2.45) is 0 Å². The van der Waals surface area contributed by atoms with Crippen LogP contribution in [0.25, 0.3) is 0 Å². The molecule has 13 heavy (non-hydrogen) atoms. The standard InChI is InChI=1S/C9H10FIO2/c1-12-8-4-7(11)3-6(5-10)9(8)13-2/h3-4H,5H2,1-2H3. The van der Waals surface area contributed by atoms with Gasteiger partial charge in [-0.1, -0.05) is 0 Å². The van der Waals surface area contributed by atoms with Crippen molar-refractivity contribution in [3.8, 4) is 11.5 Å². The Morgan fingerprint density at radius 1 is 1.31 bits per heavy atom. The third kappa shape index (κ3) is 2.24. The summed E-state index contributed by atoms with van der Waals surface area (Å²) in [5.74, 6) is 1.05. The van der Waals surface area contributed by atoms with Gasteiger partial charge in [-0.15, -0.1) is 0 Å². The number of rotatable bonds is 3. The van der Waals surface area contributed by atoms with Crippen LogP contribution in [0.2, 0.25) is 0 Å². The van der Waals surface area contributed by atoms with Crippen molar-refractivity contribution in [2.45, 2.75) is 6.67 Å². The van der Waals surface area contributed by atoms with Gasteiger partial charge in [0.25, 0.3) is 0 Å². The lowest BCUT2D eigenvalue weighted by molar-refractivity contribution is 0.344. The fourth-order valence-corrected chi connectivity index (χ4v) is 1.76. The van der Waals surface area contributed by atoms with Gasteiger partial charge >= 0.3 is 0 Å². The minimum Gasteiger partial charge on any atom is -0.493 e. The summed E-state index contributed by atoms with van der Waals surface area (Å²) in [6.45, 7) is -0.545. The number of hydrogen-bond acceptors (Lipinski definition) is 2. The van der Waals surface area contributed by atoms with E-state index in [2.05, 4.69) is 22.6 Å². The maximum Gasteiger partial charge on any atom is 0.166 e. The second-order valence-corrected chi connectivity index (χ2v) is 3.68. The lowest BCUT2D eigenvalue weighted by Gasteiger charge is -2.11. The van der Waals surface area contributed by atoms with Gasteiger partial charge in [0.15, 0.2) is 11.5 Å². The maximum atomic E-state index is 12.5. The molecule has 0 heterocycles. The van der Waals surface area contributed by atoms with E-state index in [0.717, 1.165) is 3.57 Å². The van der Waals surface area contributed by atoms with Crippen molar-refractivity contribution >= 4 is 22.6 Å². The molecule has 1 aromatic rings. The molecular weight excluding hydrogens is 286 g/mol. The Hall–Kier alpha value is -0.520. The zero-order chi connectivity index (χ0) is 9.84. The minimum atomic E-state index is -0.545. The van der Waals surface area contributed by atoms with E-state index >= 15 is 0 Å². The molecule has 0 saturated heterocycles. The second-order valence-electron chi connectivity index (χ2n) is 2.43. The van der Waals surface area contributed by atoms with Crippen molar-refractivity contribution in [1.29, 1.82) is 0 Å². The molecular formula is C9H10FIO2. The van der Waals surface area contributed by atoms with Gasteiger partial charge in [0.05, 0.1) is 14.2 Å². The van der Waals surface area contributed by atoms with Crippen molar-refractivity contribution in [3.05, 3.63) is 21.3 Å². The number of hydrogen-bond donors (Lipinski definition) is 0. The van der Waals surface area contributed by atoms with Gasteiger partial charge in [0.2, 0.25) is 0 Å². The molecule has 1 aromatic carbocycles. The van der Waals surface area contributed by atoms with Crippen LogP contribution in [0.1, 0.15) is 5.56 Å². The monoisotopic (exact) mass is 296 g/mol. The minimum absolute atomic E-state index is 0.477. The predicted molar refractivity (Wildman–Crippen MR) is 57.1 cm³/mol. The summed E-state index contributed by atoms with van der Waals surface area (Å²) >= 11 is 2.11. The Morgan fingerprint density at radius 2 is 2.00 bits per heavy atom. The summed E-state index contributed by atoms with van der Waals surface area (Å²) < 4.78 is 23.6. The molecule has 0 aliphatic carbocycles. The molecule has 0 saturated carbocycles. The van der Waals surface area contributed by atoms with Crippen molar-refractivity contribution in [1.82, 2.24) is 0 Å². The summed E-state index contributed by atoms with van der Waals surface area (Å²) in [5, 5.41) is 0. The van der Waals surface area contributed by atoms with Crippen molar-refractivity contribution < 1.29 is 13.9 Å². The van der Waals surface area contributed by atoms with E-state index in [1.54, 1.807) is 12.1 Å². The highest BCUT2D eigenvalue weighted by Gasteiger charge is 2.10. The average molecular weight is 296 g/mol. The van der Waals surface area contributed by atoms with Gasteiger partial charge < -0.3 is 9.47 Å². The third-order valence-corrected chi connectivity index (χ3v) is 2.29. The van der Waals surface area contributed by atoms with Crippen molar-refractivity contribution in [2.75, 3.05) is 14.2 Å². The first-order valence-corrected chi connectivity index (χ1v) is 4.77. The molecule has 0 N–H and O–H groups in total. The molecule has 2 nitrogen and oxygen atoms in total. The number of alkyl halides is 1. The number of ether oxygens (including phenoxy) is 2. The van der Waals surface area contributed by atoms with Gasteiger partial charge in [-0.2, -0.15) is 0 Å². The highest BCUT2D eigenvalue weighted by Crippen LogP contribution is 2.33. The molecule has 0 spiro atoms. The van der Waals surface area contributed by atoms with Crippen molar-refractivity contribution in [3.63, 3.8) is 0 Å². The molecule has 1 rings (SSSR count). The highest BCUT2D eigenvalue weighted by atomic mass is 127. The first-order valence-electron chi connectivity index (χ1n) is 3.69. The molecule has 4 heteroatoms. The maximum absolute atomic E-state index is 12.5. The first-order chi connectivity index (χ1) is 6.22. The number of benzene rings is 1. The SMILES string of the molecule is COc1cc(I)cc(CF)c1OC. The van der Waals surface area contributed by atoms with Crippen LogP contribution in [-0.2, 0) is 6.67 Å². The Morgan fingerprint density at radius 3 is 2.46 bits per heavy atom. The average Bonchev–Trinajstić information content (AvgIpc) is 2.16. The molecule has 0 amide bonds. The van der Waals surface area contributed by atoms with Crippen LogP contribution in [0.5, 0.6) is 11.5 Å².